The van der Waals surface area contributed by atoms with Gasteiger partial charge in [0.05, 0.1) is 34.1 Å². The molecule has 0 bridgehead atoms. The number of anilines is 7. The number of fused-ring (bicyclic) bond motifs is 12. The van der Waals surface area contributed by atoms with Crippen molar-refractivity contribution >= 4 is 128 Å². The van der Waals surface area contributed by atoms with E-state index >= 15 is 0 Å². The Hall–Kier alpha value is -9.23. The lowest BCUT2D eigenvalue weighted by Crippen LogP contribution is -2.59. The highest BCUT2D eigenvalue weighted by molar-refractivity contribution is 6.71. The van der Waals surface area contributed by atoms with Gasteiger partial charge >= 0.3 is 20.5 Å². The van der Waals surface area contributed by atoms with Crippen molar-refractivity contribution in [3.8, 4) is 0 Å². The monoisotopic (exact) mass is 1090 g/mol. The van der Waals surface area contributed by atoms with Crippen molar-refractivity contribution in [2.75, 3.05) is 43.7 Å². The standard InChI is InChI=1S/C26H24BN3O.2C21H22BN3O/c1-18-17-22-21-13-7-10-16-25(21)31-26(22)27(3)30(18)29-19(2)28(20-11-5-4-6-12-20)23-14-8-9-15-24(23)29;2*1-14-13-17-16-9-5-8-12-20(16)26-21(17)22(3)25(14)24-15(2)23(4)18-10-6-7-11-19(18)24/h4-17,19H,1-3H3;2*5-13,15H,1-4H3/t19-;2*15-/m000/s1/i;4D3;. The molecule has 3 atom stereocenters. The van der Waals surface area contributed by atoms with E-state index in [1.807, 2.05) is 61.5 Å². The second kappa shape index (κ2) is 20.0. The van der Waals surface area contributed by atoms with Gasteiger partial charge in [0, 0.05) is 73.8 Å². The molecule has 0 unspecified atom stereocenters. The number of hydrogen-bond acceptors (Lipinski definition) is 12. The topological polar surface area (TPSA) is 68.6 Å². The summed E-state index contributed by atoms with van der Waals surface area (Å²) in [7, 11) is 2.16. The number of rotatable bonds is 4. The lowest BCUT2D eigenvalue weighted by atomic mass is 9.58. The molecular formula is C68H68B3N9O3. The lowest BCUT2D eigenvalue weighted by Gasteiger charge is -2.44. The Kier molecular flexibility index (Phi) is 11.7. The zero-order valence-electron chi connectivity index (χ0n) is 51.7. The minimum atomic E-state index is -2.23. The van der Waals surface area contributed by atoms with Gasteiger partial charge in [-0.15, -0.1) is 0 Å². The summed E-state index contributed by atoms with van der Waals surface area (Å²) < 4.78 is 43.0. The van der Waals surface area contributed by atoms with Gasteiger partial charge in [-0.3, -0.25) is 15.0 Å². The number of hydrogen-bond donors (Lipinski definition) is 0. The first kappa shape index (κ1) is 48.5. The number of nitrogens with zero attached hydrogens (tertiary/aromatic N) is 9. The molecule has 15 heteroatoms. The molecule has 0 aliphatic carbocycles. The maximum absolute atomic E-state index is 8.07. The van der Waals surface area contributed by atoms with E-state index in [2.05, 4.69) is 241 Å². The SMILES string of the molecule is CB1c2oc3ccccc3c2C=C(C)N1N1c2ccccc2N(C)[C@@H]1C.CB1c2oc3ccccc3c2C=C(C)N1N1c2ccccc2N(c2ccccc2)[C@@H]1C.[2H]C([2H])([2H])N1c2ccccc2N(N2B(C)c3oc4ccccc4c3C=C2C)[C@H]1C. The Morgan fingerprint density at radius 3 is 1.10 bits per heavy atom. The third-order valence-electron chi connectivity index (χ3n) is 17.8. The fourth-order valence-electron chi connectivity index (χ4n) is 13.9. The fraction of sp³-hybridized carbons (Fsp3) is 0.206. The third kappa shape index (κ3) is 8.05. The van der Waals surface area contributed by atoms with Crippen molar-refractivity contribution in [2.45, 2.75) is 80.5 Å². The van der Waals surface area contributed by atoms with Gasteiger partial charge in [-0.2, -0.15) is 0 Å². The normalized spacial score (nSPS) is 19.3. The van der Waals surface area contributed by atoms with Crippen molar-refractivity contribution in [1.29, 1.82) is 0 Å². The second-order valence-corrected chi connectivity index (χ2v) is 22.6. The quantitative estimate of drug-likeness (QED) is 0.158. The smallest absolute Gasteiger partial charge is 0.353 e. The van der Waals surface area contributed by atoms with Gasteiger partial charge in [0.25, 0.3) is 0 Å². The lowest BCUT2D eigenvalue weighted by molar-refractivity contribution is 0.435. The average molecular weight is 1090 g/mol. The first-order chi connectivity index (χ1) is 41.5. The van der Waals surface area contributed by atoms with Crippen LogP contribution in [0.1, 0.15) is 62.3 Å². The molecule has 0 saturated heterocycles. The van der Waals surface area contributed by atoms with Crippen LogP contribution in [0.15, 0.2) is 206 Å². The van der Waals surface area contributed by atoms with Crippen LogP contribution in [0, 0.1) is 0 Å². The first-order valence-electron chi connectivity index (χ1n) is 30.5. The Labute approximate surface area is 492 Å². The van der Waals surface area contributed by atoms with E-state index in [9.17, 15) is 0 Å². The number of allylic oxidation sites excluding steroid dienone is 3. The largest absolute Gasteiger partial charge is 0.468 e. The molecule has 0 amide bonds. The maximum atomic E-state index is 8.07. The van der Waals surface area contributed by atoms with Gasteiger partial charge in [-0.1, -0.05) is 130 Å². The summed E-state index contributed by atoms with van der Waals surface area (Å²) in [5.74, 6) is 0. The molecule has 7 aromatic carbocycles. The van der Waals surface area contributed by atoms with Gasteiger partial charge < -0.3 is 42.7 Å². The van der Waals surface area contributed by atoms with Gasteiger partial charge in [-0.05, 0) is 127 Å². The Bertz CT molecular complexity index is 4370. The summed E-state index contributed by atoms with van der Waals surface area (Å²) in [6.07, 6.45) is 6.66. The van der Waals surface area contributed by atoms with E-state index in [1.54, 1.807) is 0 Å². The van der Waals surface area contributed by atoms with Crippen LogP contribution >= 0.6 is 0 Å². The summed E-state index contributed by atoms with van der Waals surface area (Å²) >= 11 is 0. The number of benzene rings is 7. The molecule has 16 rings (SSSR count). The molecule has 0 radical (unpaired) electrons. The molecule has 3 aromatic heterocycles. The summed E-state index contributed by atoms with van der Waals surface area (Å²) in [5.41, 5.74) is 20.5. The van der Waals surface area contributed by atoms with Crippen LogP contribution < -0.4 is 46.7 Å². The van der Waals surface area contributed by atoms with Gasteiger partial charge in [-0.25, -0.2) is 0 Å². The predicted octanol–water partition coefficient (Wildman–Crippen LogP) is 14.2. The molecule has 6 aliphatic rings. The molecule has 0 fully saturated rings. The van der Waals surface area contributed by atoms with Crippen LogP contribution in [0.5, 0.6) is 0 Å². The molecule has 83 heavy (non-hydrogen) atoms. The Morgan fingerprint density at radius 1 is 0.373 bits per heavy atom. The molecule has 0 N–H and O–H groups in total. The van der Waals surface area contributed by atoms with Gasteiger partial charge in [0.15, 0.2) is 0 Å². The van der Waals surface area contributed by atoms with E-state index in [1.165, 1.54) is 66.6 Å². The Morgan fingerprint density at radius 2 is 0.687 bits per heavy atom. The highest BCUT2D eigenvalue weighted by Crippen LogP contribution is 2.47. The van der Waals surface area contributed by atoms with E-state index in [0.29, 0.717) is 0 Å². The minimum Gasteiger partial charge on any atom is -0.468 e. The summed E-state index contributed by atoms with van der Waals surface area (Å²) in [6, 6.07) is 60.2. The van der Waals surface area contributed by atoms with E-state index in [4.69, 9.17) is 17.4 Å². The minimum absolute atomic E-state index is 0.0746. The predicted molar refractivity (Wildman–Crippen MR) is 349 cm³/mol. The molecule has 6 aliphatic heterocycles. The average Bonchev–Trinajstić information content (AvgIpc) is 1.77. The van der Waals surface area contributed by atoms with Crippen molar-refractivity contribution in [2.24, 2.45) is 0 Å². The van der Waals surface area contributed by atoms with Gasteiger partial charge in [0.2, 0.25) is 0 Å². The fourth-order valence-corrected chi connectivity index (χ4v) is 13.9. The summed E-state index contributed by atoms with van der Waals surface area (Å²) in [6.45, 7) is 17.4. The molecule has 12 nitrogen and oxygen atoms in total. The third-order valence-corrected chi connectivity index (χ3v) is 17.8. The van der Waals surface area contributed by atoms with E-state index in [-0.39, 0.29) is 39.0 Å². The van der Waals surface area contributed by atoms with Crippen LogP contribution in [0.3, 0.4) is 0 Å². The molecule has 10 aromatic rings. The molecule has 0 spiro atoms. The van der Waals surface area contributed by atoms with Crippen LogP contribution in [-0.4, -0.2) is 67.8 Å². The Balaban J connectivity index is 0.000000114. The number of furan rings is 3. The van der Waals surface area contributed by atoms with Crippen LogP contribution in [0.25, 0.3) is 51.1 Å². The van der Waals surface area contributed by atoms with Crippen LogP contribution in [0.2, 0.25) is 20.5 Å². The first-order valence-corrected chi connectivity index (χ1v) is 29.0. The summed E-state index contributed by atoms with van der Waals surface area (Å²) in [4.78, 5) is 13.2. The van der Waals surface area contributed by atoms with Gasteiger partial charge in [0.1, 0.15) is 52.2 Å². The van der Waals surface area contributed by atoms with Crippen molar-refractivity contribution in [3.05, 3.63) is 210 Å². The zero-order valence-corrected chi connectivity index (χ0v) is 48.7. The number of hydrazine groups is 3. The molecule has 412 valence electrons. The van der Waals surface area contributed by atoms with Crippen molar-refractivity contribution in [1.82, 2.24) is 14.8 Å². The molecular weight excluding hydrogens is 1020 g/mol. The van der Waals surface area contributed by atoms with Crippen LogP contribution in [0.4, 0.5) is 39.8 Å². The number of para-hydroxylation sites is 10. The van der Waals surface area contributed by atoms with E-state index < -0.39 is 6.98 Å². The molecule has 0 saturated carbocycles. The highest BCUT2D eigenvalue weighted by atomic mass is 16.3. The zero-order chi connectivity index (χ0) is 59.6. The van der Waals surface area contributed by atoms with Crippen molar-refractivity contribution < 1.29 is 17.4 Å². The summed E-state index contributed by atoms with van der Waals surface area (Å²) in [5, 5.41) is 10.4. The van der Waals surface area contributed by atoms with Crippen molar-refractivity contribution in [3.63, 3.8) is 0 Å². The molecule has 9 heterocycles. The maximum Gasteiger partial charge on any atom is 0.353 e. The second-order valence-electron chi connectivity index (χ2n) is 22.6. The van der Waals surface area contributed by atoms with Crippen LogP contribution in [-0.2, 0) is 0 Å². The highest BCUT2D eigenvalue weighted by Gasteiger charge is 2.46. The van der Waals surface area contributed by atoms with E-state index in [0.717, 1.165) is 61.7 Å².